The number of pyridine rings is 1. The lowest BCUT2D eigenvalue weighted by Gasteiger charge is -2.36. The Morgan fingerprint density at radius 3 is 2.80 bits per heavy atom. The first kappa shape index (κ1) is 16.7. The fraction of sp³-hybridized carbons (Fsp3) is 0.579. The minimum atomic E-state index is 0.277. The first-order valence-corrected chi connectivity index (χ1v) is 9.02. The highest BCUT2D eigenvalue weighted by molar-refractivity contribution is 5.21. The molecule has 2 atom stereocenters. The van der Waals surface area contributed by atoms with E-state index in [1.807, 2.05) is 26.8 Å². The molecule has 0 spiro atoms. The Kier molecular flexibility index (Phi) is 4.58. The second kappa shape index (κ2) is 6.86. The molecule has 0 N–H and O–H groups in total. The average Bonchev–Trinajstić information content (AvgIpc) is 3.13. The summed E-state index contributed by atoms with van der Waals surface area (Å²) in [4.78, 5) is 9.63. The highest BCUT2D eigenvalue weighted by Gasteiger charge is 2.40. The summed E-state index contributed by atoms with van der Waals surface area (Å²) in [6, 6.07) is 6.66. The lowest BCUT2D eigenvalue weighted by atomic mass is 10.1. The number of nitrogens with zero attached hydrogens (tertiary/aromatic N) is 4. The number of aryl methyl sites for hydroxylation is 3. The number of hydrogen-bond donors (Lipinski definition) is 0. The molecule has 0 unspecified atom stereocenters. The van der Waals surface area contributed by atoms with Gasteiger partial charge in [-0.2, -0.15) is 0 Å². The number of rotatable bonds is 4. The molecule has 2 aromatic rings. The summed E-state index contributed by atoms with van der Waals surface area (Å²) in [5.41, 5.74) is 4.43. The van der Waals surface area contributed by atoms with Crippen LogP contribution in [0.1, 0.15) is 28.4 Å². The largest absolute Gasteiger partial charge is 0.374 e. The Balaban J connectivity index is 1.45. The average molecular weight is 342 g/mol. The molecule has 0 aliphatic carbocycles. The van der Waals surface area contributed by atoms with Crippen molar-refractivity contribution >= 4 is 0 Å². The van der Waals surface area contributed by atoms with Crippen LogP contribution >= 0.6 is 0 Å². The molecular formula is C19H26N4O2. The van der Waals surface area contributed by atoms with E-state index in [2.05, 4.69) is 32.1 Å². The summed E-state index contributed by atoms with van der Waals surface area (Å²) in [5, 5.41) is 4.09. The van der Waals surface area contributed by atoms with Crippen molar-refractivity contribution < 1.29 is 9.26 Å². The van der Waals surface area contributed by atoms with Crippen LogP contribution in [0.5, 0.6) is 0 Å². The molecular weight excluding hydrogens is 316 g/mol. The van der Waals surface area contributed by atoms with Crippen LogP contribution in [0.4, 0.5) is 0 Å². The van der Waals surface area contributed by atoms with Crippen molar-refractivity contribution in [3.63, 3.8) is 0 Å². The molecule has 0 aromatic carbocycles. The van der Waals surface area contributed by atoms with Crippen LogP contribution < -0.4 is 0 Å². The van der Waals surface area contributed by atoms with Gasteiger partial charge in [-0.25, -0.2) is 0 Å². The quantitative estimate of drug-likeness (QED) is 0.848. The van der Waals surface area contributed by atoms with Gasteiger partial charge in [0, 0.05) is 44.0 Å². The minimum absolute atomic E-state index is 0.277. The van der Waals surface area contributed by atoms with Crippen molar-refractivity contribution in [2.45, 2.75) is 46.0 Å². The molecule has 4 rings (SSSR count). The molecule has 2 aliphatic heterocycles. The molecule has 6 nitrogen and oxygen atoms in total. The van der Waals surface area contributed by atoms with Gasteiger partial charge in [-0.1, -0.05) is 11.2 Å². The first-order chi connectivity index (χ1) is 12.1. The third-order valence-electron chi connectivity index (χ3n) is 5.37. The second-order valence-electron chi connectivity index (χ2n) is 7.21. The maximum atomic E-state index is 6.06. The third kappa shape index (κ3) is 3.47. The predicted molar refractivity (Wildman–Crippen MR) is 94.2 cm³/mol. The van der Waals surface area contributed by atoms with E-state index in [1.54, 1.807) is 0 Å². The smallest absolute Gasteiger partial charge is 0.138 e. The Hall–Kier alpha value is -1.76. The molecule has 2 fully saturated rings. The molecule has 2 saturated heterocycles. The number of fused-ring (bicyclic) bond motifs is 1. The predicted octanol–water partition coefficient (Wildman–Crippen LogP) is 2.08. The van der Waals surface area contributed by atoms with Gasteiger partial charge in [0.15, 0.2) is 0 Å². The van der Waals surface area contributed by atoms with Gasteiger partial charge in [-0.3, -0.25) is 14.8 Å². The molecule has 0 saturated carbocycles. The summed E-state index contributed by atoms with van der Waals surface area (Å²) in [7, 11) is 0. The van der Waals surface area contributed by atoms with E-state index in [9.17, 15) is 0 Å². The summed E-state index contributed by atoms with van der Waals surface area (Å²) in [5.74, 6) is 0.930. The van der Waals surface area contributed by atoms with E-state index < -0.39 is 0 Å². The Morgan fingerprint density at radius 2 is 2.04 bits per heavy atom. The maximum absolute atomic E-state index is 6.06. The topological polar surface area (TPSA) is 54.6 Å². The highest BCUT2D eigenvalue weighted by atomic mass is 16.5. The molecule has 2 aromatic heterocycles. The van der Waals surface area contributed by atoms with Gasteiger partial charge >= 0.3 is 0 Å². The van der Waals surface area contributed by atoms with Gasteiger partial charge in [-0.05, 0) is 32.9 Å². The van der Waals surface area contributed by atoms with Gasteiger partial charge in [0.05, 0.1) is 30.1 Å². The number of likely N-dealkylation sites (tertiary alicyclic amines) is 1. The molecule has 0 amide bonds. The normalized spacial score (nSPS) is 24.6. The first-order valence-electron chi connectivity index (χ1n) is 9.02. The van der Waals surface area contributed by atoms with E-state index in [4.69, 9.17) is 9.26 Å². The molecule has 4 heterocycles. The zero-order chi connectivity index (χ0) is 17.4. The van der Waals surface area contributed by atoms with Crippen molar-refractivity contribution in [2.24, 2.45) is 0 Å². The van der Waals surface area contributed by atoms with Gasteiger partial charge in [0.2, 0.25) is 0 Å². The van der Waals surface area contributed by atoms with Gasteiger partial charge in [0.1, 0.15) is 5.76 Å². The van der Waals surface area contributed by atoms with Crippen LogP contribution in [0.15, 0.2) is 22.7 Å². The molecule has 25 heavy (non-hydrogen) atoms. The zero-order valence-electron chi connectivity index (χ0n) is 15.2. The zero-order valence-corrected chi connectivity index (χ0v) is 15.2. The van der Waals surface area contributed by atoms with E-state index in [0.717, 1.165) is 62.2 Å². The van der Waals surface area contributed by atoms with Gasteiger partial charge in [-0.15, -0.1) is 0 Å². The Bertz CT molecular complexity index is 725. The van der Waals surface area contributed by atoms with Crippen LogP contribution in [0, 0.1) is 20.8 Å². The second-order valence-corrected chi connectivity index (χ2v) is 7.21. The highest BCUT2D eigenvalue weighted by Crippen LogP contribution is 2.27. The molecule has 2 aliphatic rings. The van der Waals surface area contributed by atoms with Crippen LogP contribution in [0.3, 0.4) is 0 Å². The molecule has 134 valence electrons. The number of morpholine rings is 1. The summed E-state index contributed by atoms with van der Waals surface area (Å²) in [6.45, 7) is 11.6. The fourth-order valence-corrected chi connectivity index (χ4v) is 4.01. The summed E-state index contributed by atoms with van der Waals surface area (Å²) < 4.78 is 11.4. The monoisotopic (exact) mass is 342 g/mol. The van der Waals surface area contributed by atoms with E-state index in [1.165, 1.54) is 5.56 Å². The number of ether oxygens (including phenoxy) is 1. The Morgan fingerprint density at radius 1 is 1.16 bits per heavy atom. The lowest BCUT2D eigenvalue weighted by molar-refractivity contribution is -0.0506. The van der Waals surface area contributed by atoms with Crippen molar-refractivity contribution in [3.05, 3.63) is 46.6 Å². The van der Waals surface area contributed by atoms with E-state index in [-0.39, 0.29) is 6.10 Å². The molecule has 0 radical (unpaired) electrons. The van der Waals surface area contributed by atoms with Crippen molar-refractivity contribution in [1.82, 2.24) is 19.9 Å². The summed E-state index contributed by atoms with van der Waals surface area (Å²) in [6.07, 6.45) is 0.277. The van der Waals surface area contributed by atoms with Crippen molar-refractivity contribution in [3.8, 4) is 0 Å². The van der Waals surface area contributed by atoms with Crippen LogP contribution in [-0.4, -0.2) is 58.3 Å². The Labute approximate surface area is 148 Å². The maximum Gasteiger partial charge on any atom is 0.138 e. The molecule has 0 bridgehead atoms. The fourth-order valence-electron chi connectivity index (χ4n) is 4.01. The standard InChI is InChI=1S/C19H26N4O2/c1-13-5-4-6-16(20-13)9-22-11-18-19(12-22)24-8-7-23(18)10-17-14(2)21-25-15(17)3/h4-6,18-19H,7-12H2,1-3H3/t18-,19+/m1/s1. The SMILES string of the molecule is Cc1cccc(CN2C[C@@H]3OCCN(Cc4c(C)noc4C)[C@@H]3C2)n1. The minimum Gasteiger partial charge on any atom is -0.374 e. The van der Waals surface area contributed by atoms with E-state index >= 15 is 0 Å². The van der Waals surface area contributed by atoms with Gasteiger partial charge < -0.3 is 9.26 Å². The van der Waals surface area contributed by atoms with Crippen LogP contribution in [0.2, 0.25) is 0 Å². The van der Waals surface area contributed by atoms with E-state index in [0.29, 0.717) is 6.04 Å². The third-order valence-corrected chi connectivity index (χ3v) is 5.37. The lowest BCUT2D eigenvalue weighted by Crippen LogP contribution is -2.50. The summed E-state index contributed by atoms with van der Waals surface area (Å²) >= 11 is 0. The van der Waals surface area contributed by atoms with Crippen LogP contribution in [-0.2, 0) is 17.8 Å². The number of aromatic nitrogens is 2. The number of hydrogen-bond acceptors (Lipinski definition) is 6. The molecule has 6 heteroatoms. The van der Waals surface area contributed by atoms with Crippen molar-refractivity contribution in [1.29, 1.82) is 0 Å². The van der Waals surface area contributed by atoms with Crippen LogP contribution in [0.25, 0.3) is 0 Å². The van der Waals surface area contributed by atoms with Crippen molar-refractivity contribution in [2.75, 3.05) is 26.2 Å². The van der Waals surface area contributed by atoms with Gasteiger partial charge in [0.25, 0.3) is 0 Å².